The summed E-state index contributed by atoms with van der Waals surface area (Å²) in [6, 6.07) is 0.722. The highest BCUT2D eigenvalue weighted by atomic mass is 19.4. The van der Waals surface area contributed by atoms with Gasteiger partial charge in [0.1, 0.15) is 5.65 Å². The third-order valence-electron chi connectivity index (χ3n) is 2.74. The van der Waals surface area contributed by atoms with Gasteiger partial charge in [-0.15, -0.1) is 0 Å². The number of carbonyl (C=O) groups excluding carboxylic acids is 2. The van der Waals surface area contributed by atoms with E-state index in [0.717, 1.165) is 29.8 Å². The summed E-state index contributed by atoms with van der Waals surface area (Å²) in [6.07, 6.45) is -2.72. The molecule has 2 heterocycles. The van der Waals surface area contributed by atoms with Gasteiger partial charge in [0.15, 0.2) is 11.5 Å². The number of hydrogen-bond donors (Lipinski definition) is 0. The van der Waals surface area contributed by atoms with Crippen molar-refractivity contribution < 1.29 is 27.5 Å². The first-order valence-corrected chi connectivity index (χ1v) is 6.02. The zero-order valence-corrected chi connectivity index (χ0v) is 11.2. The van der Waals surface area contributed by atoms with Crippen LogP contribution in [0.5, 0.6) is 0 Å². The number of halogens is 3. The Bertz CT molecular complexity index is 719. The van der Waals surface area contributed by atoms with Gasteiger partial charge in [-0.2, -0.15) is 13.2 Å². The fourth-order valence-electron chi connectivity index (χ4n) is 1.82. The minimum atomic E-state index is -4.60. The molecule has 0 unspecified atom stereocenters. The summed E-state index contributed by atoms with van der Waals surface area (Å²) in [4.78, 5) is 27.0. The molecule has 0 aliphatic rings. The number of nitrogens with zero attached hydrogens (tertiary/aromatic N) is 2. The van der Waals surface area contributed by atoms with Crippen molar-refractivity contribution in [1.29, 1.82) is 0 Å². The Morgan fingerprint density at radius 1 is 1.33 bits per heavy atom. The van der Waals surface area contributed by atoms with Crippen molar-refractivity contribution in [2.45, 2.75) is 20.0 Å². The molecule has 0 saturated carbocycles. The molecule has 0 amide bonds. The molecular formula is C13H11F3N2O3. The number of aromatic nitrogens is 2. The molecule has 0 saturated heterocycles. The quantitative estimate of drug-likeness (QED) is 0.646. The monoisotopic (exact) mass is 300 g/mol. The lowest BCUT2D eigenvalue weighted by molar-refractivity contribution is -0.137. The van der Waals surface area contributed by atoms with Crippen LogP contribution in [0.2, 0.25) is 0 Å². The average Bonchev–Trinajstić information content (AvgIpc) is 2.80. The predicted octanol–water partition coefficient (Wildman–Crippen LogP) is 2.73. The summed E-state index contributed by atoms with van der Waals surface area (Å²) < 4.78 is 44.2. The smallest absolute Gasteiger partial charge is 0.417 e. The van der Waals surface area contributed by atoms with E-state index in [1.165, 1.54) is 0 Å². The van der Waals surface area contributed by atoms with Gasteiger partial charge in [-0.05, 0) is 19.9 Å². The van der Waals surface area contributed by atoms with Crippen LogP contribution in [-0.4, -0.2) is 27.7 Å². The Morgan fingerprint density at radius 3 is 2.52 bits per heavy atom. The van der Waals surface area contributed by atoms with Crippen molar-refractivity contribution in [3.63, 3.8) is 0 Å². The highest BCUT2D eigenvalue weighted by Crippen LogP contribution is 2.31. The van der Waals surface area contributed by atoms with Crippen molar-refractivity contribution in [1.82, 2.24) is 9.38 Å². The maximum atomic E-state index is 12.8. The largest absolute Gasteiger partial charge is 0.461 e. The average molecular weight is 300 g/mol. The number of hydrogen-bond acceptors (Lipinski definition) is 4. The van der Waals surface area contributed by atoms with E-state index < -0.39 is 23.5 Å². The maximum absolute atomic E-state index is 12.8. The fraction of sp³-hybridized carbons (Fsp3) is 0.308. The standard InChI is InChI=1S/C13H11F3N2O3/c1-3-21-12(20)10-6-18-5-8(13(14,15)16)4-9(7(2)19)11(18)17-10/h4-6H,3H2,1-2H3. The number of pyridine rings is 1. The van der Waals surface area contributed by atoms with Gasteiger partial charge in [0, 0.05) is 12.4 Å². The predicted molar refractivity (Wildman–Crippen MR) is 66.2 cm³/mol. The Labute approximate surface area is 117 Å². The number of ether oxygens (including phenoxy) is 1. The van der Waals surface area contributed by atoms with Gasteiger partial charge in [0.25, 0.3) is 0 Å². The van der Waals surface area contributed by atoms with Crippen LogP contribution in [0.1, 0.15) is 40.3 Å². The van der Waals surface area contributed by atoms with E-state index >= 15 is 0 Å². The number of ketones is 1. The topological polar surface area (TPSA) is 60.7 Å². The van der Waals surface area contributed by atoms with Crippen LogP contribution in [0.3, 0.4) is 0 Å². The van der Waals surface area contributed by atoms with Gasteiger partial charge >= 0.3 is 12.1 Å². The number of fused-ring (bicyclic) bond motifs is 1. The van der Waals surface area contributed by atoms with Gasteiger partial charge in [-0.1, -0.05) is 0 Å². The zero-order valence-electron chi connectivity index (χ0n) is 11.2. The SMILES string of the molecule is CCOC(=O)c1cn2cc(C(F)(F)F)cc(C(C)=O)c2n1. The van der Waals surface area contributed by atoms with E-state index in [-0.39, 0.29) is 23.5 Å². The Hall–Kier alpha value is -2.38. The molecule has 2 aromatic heterocycles. The van der Waals surface area contributed by atoms with Gasteiger partial charge in [0.05, 0.1) is 17.7 Å². The minimum absolute atomic E-state index is 0.0152. The van der Waals surface area contributed by atoms with Crippen LogP contribution < -0.4 is 0 Å². The van der Waals surface area contributed by atoms with E-state index in [4.69, 9.17) is 4.74 Å². The first kappa shape index (κ1) is 15.0. The molecule has 0 aromatic carbocycles. The summed E-state index contributed by atoms with van der Waals surface area (Å²) in [5, 5.41) is 0. The lowest BCUT2D eigenvalue weighted by atomic mass is 10.1. The number of rotatable bonds is 3. The number of esters is 1. The van der Waals surface area contributed by atoms with Crippen molar-refractivity contribution in [2.24, 2.45) is 0 Å². The summed E-state index contributed by atoms with van der Waals surface area (Å²) in [6.45, 7) is 2.84. The number of Topliss-reactive ketones (excluding diaryl/α,β-unsaturated/α-hetero) is 1. The maximum Gasteiger partial charge on any atom is 0.417 e. The van der Waals surface area contributed by atoms with Crippen molar-refractivity contribution in [3.8, 4) is 0 Å². The molecule has 0 spiro atoms. The molecule has 112 valence electrons. The summed E-state index contributed by atoms with van der Waals surface area (Å²) in [7, 11) is 0. The lowest BCUT2D eigenvalue weighted by Crippen LogP contribution is -2.09. The van der Waals surface area contributed by atoms with Crippen LogP contribution in [0.15, 0.2) is 18.5 Å². The second kappa shape index (κ2) is 5.19. The molecule has 0 bridgehead atoms. The van der Waals surface area contributed by atoms with Crippen LogP contribution in [0.4, 0.5) is 13.2 Å². The van der Waals surface area contributed by atoms with E-state index in [2.05, 4.69) is 4.98 Å². The van der Waals surface area contributed by atoms with Gasteiger partial charge in [-0.3, -0.25) is 4.79 Å². The second-order valence-electron chi connectivity index (χ2n) is 4.27. The van der Waals surface area contributed by atoms with E-state index in [1.54, 1.807) is 6.92 Å². The molecule has 0 fully saturated rings. The molecule has 2 rings (SSSR count). The van der Waals surface area contributed by atoms with E-state index in [1.807, 2.05) is 0 Å². The molecule has 0 aliphatic heterocycles. The molecular weight excluding hydrogens is 289 g/mol. The van der Waals surface area contributed by atoms with E-state index in [9.17, 15) is 22.8 Å². The third-order valence-corrected chi connectivity index (χ3v) is 2.74. The molecule has 0 atom stereocenters. The van der Waals surface area contributed by atoms with E-state index in [0.29, 0.717) is 0 Å². The molecule has 8 heteroatoms. The normalized spacial score (nSPS) is 11.7. The fourth-order valence-corrected chi connectivity index (χ4v) is 1.82. The highest BCUT2D eigenvalue weighted by molar-refractivity contribution is 6.00. The number of carbonyl (C=O) groups is 2. The first-order chi connectivity index (χ1) is 9.74. The van der Waals surface area contributed by atoms with Gasteiger partial charge in [0.2, 0.25) is 0 Å². The highest BCUT2D eigenvalue weighted by Gasteiger charge is 2.32. The molecule has 21 heavy (non-hydrogen) atoms. The third kappa shape index (κ3) is 2.88. The Morgan fingerprint density at radius 2 is 2.00 bits per heavy atom. The first-order valence-electron chi connectivity index (χ1n) is 6.02. The van der Waals surface area contributed by atoms with Gasteiger partial charge < -0.3 is 9.14 Å². The molecule has 0 N–H and O–H groups in total. The molecule has 0 radical (unpaired) electrons. The summed E-state index contributed by atoms with van der Waals surface area (Å²) in [5.41, 5.74) is -1.37. The molecule has 0 aliphatic carbocycles. The van der Waals surface area contributed by atoms with Gasteiger partial charge in [-0.25, -0.2) is 9.78 Å². The van der Waals surface area contributed by atoms with Crippen LogP contribution >= 0.6 is 0 Å². The Kier molecular flexibility index (Phi) is 3.71. The van der Waals surface area contributed by atoms with Crippen LogP contribution in [0, 0.1) is 0 Å². The van der Waals surface area contributed by atoms with Crippen molar-refractivity contribution in [3.05, 3.63) is 35.3 Å². The Balaban J connectivity index is 2.66. The second-order valence-corrected chi connectivity index (χ2v) is 4.27. The number of alkyl halides is 3. The number of imidazole rings is 1. The van der Waals surface area contributed by atoms with Crippen molar-refractivity contribution >= 4 is 17.4 Å². The summed E-state index contributed by atoms with van der Waals surface area (Å²) in [5.74, 6) is -1.34. The summed E-state index contributed by atoms with van der Waals surface area (Å²) >= 11 is 0. The van der Waals surface area contributed by atoms with Crippen LogP contribution in [0.25, 0.3) is 5.65 Å². The lowest BCUT2D eigenvalue weighted by Gasteiger charge is -2.09. The molecule has 2 aromatic rings. The zero-order chi connectivity index (χ0) is 15.8. The van der Waals surface area contributed by atoms with Crippen molar-refractivity contribution in [2.75, 3.05) is 6.61 Å². The van der Waals surface area contributed by atoms with Crippen LogP contribution in [-0.2, 0) is 10.9 Å². The molecule has 5 nitrogen and oxygen atoms in total. The minimum Gasteiger partial charge on any atom is -0.461 e.